The molecule has 1 N–H and O–H groups in total. The predicted molar refractivity (Wildman–Crippen MR) is 103 cm³/mol. The fraction of sp³-hybridized carbons (Fsp3) is 0.105. The van der Waals surface area contributed by atoms with Gasteiger partial charge < -0.3 is 10.1 Å². The minimum absolute atomic E-state index is 0.0301. The molecule has 0 fully saturated rings. The van der Waals surface area contributed by atoms with Crippen LogP contribution in [0.15, 0.2) is 63.9 Å². The Kier molecular flexibility index (Phi) is 5.66. The third kappa shape index (κ3) is 4.59. The van der Waals surface area contributed by atoms with E-state index in [4.69, 9.17) is 4.74 Å². The Hall–Kier alpha value is -3.00. The molecular formula is C19H15BrFN3O3. The number of benzene rings is 2. The molecule has 0 saturated carbocycles. The molecule has 8 heteroatoms. The highest BCUT2D eigenvalue weighted by Gasteiger charge is 2.11. The minimum atomic E-state index is -0.579. The van der Waals surface area contributed by atoms with E-state index in [-0.39, 0.29) is 12.2 Å². The topological polar surface area (TPSA) is 73.2 Å². The van der Waals surface area contributed by atoms with Crippen molar-refractivity contribution in [3.05, 3.63) is 75.2 Å². The third-order valence-electron chi connectivity index (χ3n) is 3.75. The summed E-state index contributed by atoms with van der Waals surface area (Å²) in [5.74, 6) is -0.439. The van der Waals surface area contributed by atoms with Crippen molar-refractivity contribution in [2.75, 3.05) is 12.4 Å². The van der Waals surface area contributed by atoms with E-state index in [1.54, 1.807) is 43.5 Å². The molecule has 0 saturated heterocycles. The highest BCUT2D eigenvalue weighted by molar-refractivity contribution is 9.10. The van der Waals surface area contributed by atoms with E-state index < -0.39 is 17.3 Å². The molecule has 27 heavy (non-hydrogen) atoms. The lowest BCUT2D eigenvalue weighted by molar-refractivity contribution is -0.117. The molecule has 1 amide bonds. The molecule has 0 bridgehead atoms. The second-order valence-corrected chi connectivity index (χ2v) is 6.53. The molecule has 0 radical (unpaired) electrons. The number of amides is 1. The first-order valence-corrected chi connectivity index (χ1v) is 8.73. The summed E-state index contributed by atoms with van der Waals surface area (Å²) in [7, 11) is 1.57. The summed E-state index contributed by atoms with van der Waals surface area (Å²) in [6.45, 7) is -0.335. The van der Waals surface area contributed by atoms with Gasteiger partial charge in [0, 0.05) is 16.1 Å². The Morgan fingerprint density at radius 3 is 2.59 bits per heavy atom. The first kappa shape index (κ1) is 18.8. The van der Waals surface area contributed by atoms with Crippen LogP contribution in [0.4, 0.5) is 10.1 Å². The van der Waals surface area contributed by atoms with E-state index in [0.29, 0.717) is 15.9 Å². The van der Waals surface area contributed by atoms with Gasteiger partial charge in [0.1, 0.15) is 18.1 Å². The predicted octanol–water partition coefficient (Wildman–Crippen LogP) is 3.46. The summed E-state index contributed by atoms with van der Waals surface area (Å²) >= 11 is 3.15. The zero-order valence-corrected chi connectivity index (χ0v) is 15.9. The van der Waals surface area contributed by atoms with Crippen LogP contribution in [0.5, 0.6) is 5.75 Å². The molecule has 138 valence electrons. The van der Waals surface area contributed by atoms with E-state index in [9.17, 15) is 14.0 Å². The number of carbonyl (C=O) groups excluding carboxylic acids is 1. The quantitative estimate of drug-likeness (QED) is 0.671. The SMILES string of the molecule is COc1ccc(-c2ccc(=O)n(CC(=O)Nc3ccc(Br)cc3F)n2)cc1. The number of carbonyl (C=O) groups is 1. The second-order valence-electron chi connectivity index (χ2n) is 5.62. The molecular weight excluding hydrogens is 417 g/mol. The number of anilines is 1. The van der Waals surface area contributed by atoms with E-state index in [1.165, 1.54) is 18.2 Å². The van der Waals surface area contributed by atoms with Gasteiger partial charge in [-0.05, 0) is 48.5 Å². The number of ether oxygens (including phenoxy) is 1. The molecule has 6 nitrogen and oxygen atoms in total. The van der Waals surface area contributed by atoms with Gasteiger partial charge in [0.2, 0.25) is 5.91 Å². The number of rotatable bonds is 5. The van der Waals surface area contributed by atoms with Crippen LogP contribution in [-0.4, -0.2) is 22.8 Å². The summed E-state index contributed by atoms with van der Waals surface area (Å²) in [4.78, 5) is 24.2. The summed E-state index contributed by atoms with van der Waals surface area (Å²) < 4.78 is 20.5. The van der Waals surface area contributed by atoms with E-state index >= 15 is 0 Å². The number of hydrogen-bond donors (Lipinski definition) is 1. The van der Waals surface area contributed by atoms with Crippen molar-refractivity contribution >= 4 is 27.5 Å². The van der Waals surface area contributed by atoms with Gasteiger partial charge in [-0.1, -0.05) is 15.9 Å². The molecule has 0 spiro atoms. The van der Waals surface area contributed by atoms with Crippen molar-refractivity contribution in [2.24, 2.45) is 0 Å². The standard InChI is InChI=1S/C19H15BrFN3O3/c1-27-14-5-2-12(3-6-14)16-8-9-19(26)24(23-16)11-18(25)22-17-7-4-13(20)10-15(17)21/h2-10H,11H2,1H3,(H,22,25). The van der Waals surface area contributed by atoms with Crippen LogP contribution in [-0.2, 0) is 11.3 Å². The van der Waals surface area contributed by atoms with Gasteiger partial charge in [-0.2, -0.15) is 5.10 Å². The van der Waals surface area contributed by atoms with Crippen molar-refractivity contribution in [1.82, 2.24) is 9.78 Å². The van der Waals surface area contributed by atoms with Gasteiger partial charge >= 0.3 is 0 Å². The molecule has 2 aromatic carbocycles. The molecule has 1 heterocycles. The molecule has 0 aliphatic carbocycles. The number of methoxy groups -OCH3 is 1. The molecule has 1 aromatic heterocycles. The van der Waals surface area contributed by atoms with Gasteiger partial charge in [0.25, 0.3) is 5.56 Å². The maximum absolute atomic E-state index is 13.8. The molecule has 3 rings (SSSR count). The number of hydrogen-bond acceptors (Lipinski definition) is 4. The lowest BCUT2D eigenvalue weighted by atomic mass is 10.1. The van der Waals surface area contributed by atoms with Gasteiger partial charge in [-0.3, -0.25) is 9.59 Å². The summed E-state index contributed by atoms with van der Waals surface area (Å²) in [5.41, 5.74) is 0.894. The number of halogens is 2. The number of nitrogens with zero attached hydrogens (tertiary/aromatic N) is 2. The minimum Gasteiger partial charge on any atom is -0.497 e. The van der Waals surface area contributed by atoms with Crippen LogP contribution < -0.4 is 15.6 Å². The van der Waals surface area contributed by atoms with Gasteiger partial charge in [0.15, 0.2) is 0 Å². The third-order valence-corrected chi connectivity index (χ3v) is 4.24. The van der Waals surface area contributed by atoms with Crippen LogP contribution in [0.2, 0.25) is 0 Å². The fourth-order valence-corrected chi connectivity index (χ4v) is 2.73. The van der Waals surface area contributed by atoms with Crippen molar-refractivity contribution < 1.29 is 13.9 Å². The van der Waals surface area contributed by atoms with E-state index in [1.807, 2.05) is 0 Å². The Morgan fingerprint density at radius 1 is 1.19 bits per heavy atom. The second kappa shape index (κ2) is 8.13. The molecule has 0 unspecified atom stereocenters. The van der Waals surface area contributed by atoms with Crippen LogP contribution in [0.25, 0.3) is 11.3 Å². The summed E-state index contributed by atoms with van der Waals surface area (Å²) in [6.07, 6.45) is 0. The average Bonchev–Trinajstić information content (AvgIpc) is 2.66. The molecule has 0 atom stereocenters. The Morgan fingerprint density at radius 2 is 1.93 bits per heavy atom. The van der Waals surface area contributed by atoms with E-state index in [2.05, 4.69) is 26.3 Å². The highest BCUT2D eigenvalue weighted by atomic mass is 79.9. The number of aromatic nitrogens is 2. The van der Waals surface area contributed by atoms with Gasteiger partial charge in [-0.25, -0.2) is 9.07 Å². The maximum atomic E-state index is 13.8. The summed E-state index contributed by atoms with van der Waals surface area (Å²) in [6, 6.07) is 14.3. The zero-order valence-electron chi connectivity index (χ0n) is 14.3. The fourth-order valence-electron chi connectivity index (χ4n) is 2.39. The first-order chi connectivity index (χ1) is 13.0. The van der Waals surface area contributed by atoms with Crippen LogP contribution >= 0.6 is 15.9 Å². The van der Waals surface area contributed by atoms with Gasteiger partial charge in [0.05, 0.1) is 18.5 Å². The molecule has 0 aliphatic heterocycles. The Bertz CT molecular complexity index is 1040. The smallest absolute Gasteiger partial charge is 0.267 e. The maximum Gasteiger partial charge on any atom is 0.267 e. The Labute approximate surface area is 162 Å². The summed E-state index contributed by atoms with van der Waals surface area (Å²) in [5, 5.41) is 6.65. The monoisotopic (exact) mass is 431 g/mol. The Balaban J connectivity index is 1.79. The van der Waals surface area contributed by atoms with Gasteiger partial charge in [-0.15, -0.1) is 0 Å². The van der Waals surface area contributed by atoms with Crippen LogP contribution in [0, 0.1) is 5.82 Å². The highest BCUT2D eigenvalue weighted by Crippen LogP contribution is 2.20. The van der Waals surface area contributed by atoms with Crippen molar-refractivity contribution in [3.8, 4) is 17.0 Å². The van der Waals surface area contributed by atoms with Crippen LogP contribution in [0.3, 0.4) is 0 Å². The molecule has 3 aromatic rings. The van der Waals surface area contributed by atoms with Crippen molar-refractivity contribution in [3.63, 3.8) is 0 Å². The van der Waals surface area contributed by atoms with Crippen LogP contribution in [0.1, 0.15) is 0 Å². The zero-order chi connectivity index (χ0) is 19.4. The van der Waals surface area contributed by atoms with Crippen molar-refractivity contribution in [2.45, 2.75) is 6.54 Å². The largest absolute Gasteiger partial charge is 0.497 e. The normalized spacial score (nSPS) is 10.5. The number of nitrogens with one attached hydrogen (secondary N) is 1. The first-order valence-electron chi connectivity index (χ1n) is 7.94. The van der Waals surface area contributed by atoms with Crippen molar-refractivity contribution in [1.29, 1.82) is 0 Å². The lowest BCUT2D eigenvalue weighted by Crippen LogP contribution is -2.29. The molecule has 0 aliphatic rings. The van der Waals surface area contributed by atoms with E-state index in [0.717, 1.165) is 10.2 Å². The average molecular weight is 432 g/mol. The lowest BCUT2D eigenvalue weighted by Gasteiger charge is -2.09.